The fourth-order valence-corrected chi connectivity index (χ4v) is 4.87. The van der Waals surface area contributed by atoms with Gasteiger partial charge in [0.15, 0.2) is 0 Å². The SMILES string of the molecule is C[C@H]1C[C@H](C)CN(C(=O)c2cc3c(=O)oc4ccccc4c3s2)C1. The van der Waals surface area contributed by atoms with Crippen LogP contribution in [0.5, 0.6) is 0 Å². The van der Waals surface area contributed by atoms with Crippen molar-refractivity contribution in [2.24, 2.45) is 11.8 Å². The van der Waals surface area contributed by atoms with Crippen molar-refractivity contribution >= 4 is 38.3 Å². The molecular formula is C19H19NO3S. The molecular weight excluding hydrogens is 322 g/mol. The van der Waals surface area contributed by atoms with Gasteiger partial charge in [-0.25, -0.2) is 4.79 Å². The van der Waals surface area contributed by atoms with Crippen molar-refractivity contribution in [1.29, 1.82) is 0 Å². The molecule has 24 heavy (non-hydrogen) atoms. The molecule has 4 rings (SSSR count). The van der Waals surface area contributed by atoms with Gasteiger partial charge in [-0.05, 0) is 36.5 Å². The largest absolute Gasteiger partial charge is 0.422 e. The van der Waals surface area contributed by atoms with Gasteiger partial charge in [0.1, 0.15) is 5.58 Å². The monoisotopic (exact) mass is 341 g/mol. The second-order valence-corrected chi connectivity index (χ2v) is 7.95. The highest BCUT2D eigenvalue weighted by Gasteiger charge is 2.27. The van der Waals surface area contributed by atoms with Crippen LogP contribution in [0.25, 0.3) is 21.1 Å². The molecule has 0 bridgehead atoms. The third kappa shape index (κ3) is 2.53. The van der Waals surface area contributed by atoms with E-state index in [1.807, 2.05) is 23.1 Å². The summed E-state index contributed by atoms with van der Waals surface area (Å²) in [6.07, 6.45) is 1.16. The summed E-state index contributed by atoms with van der Waals surface area (Å²) in [5.41, 5.74) is 0.190. The van der Waals surface area contributed by atoms with Gasteiger partial charge < -0.3 is 9.32 Å². The van der Waals surface area contributed by atoms with Gasteiger partial charge in [0, 0.05) is 18.5 Å². The number of fused-ring (bicyclic) bond motifs is 3. The van der Waals surface area contributed by atoms with Crippen molar-refractivity contribution in [2.75, 3.05) is 13.1 Å². The zero-order chi connectivity index (χ0) is 16.8. The zero-order valence-corrected chi connectivity index (χ0v) is 14.6. The Morgan fingerprint density at radius 3 is 2.62 bits per heavy atom. The van der Waals surface area contributed by atoms with Gasteiger partial charge in [-0.3, -0.25) is 4.79 Å². The first-order valence-corrected chi connectivity index (χ1v) is 9.09. The third-order valence-electron chi connectivity index (χ3n) is 4.65. The number of hydrogen-bond acceptors (Lipinski definition) is 4. The van der Waals surface area contributed by atoms with Crippen molar-refractivity contribution in [1.82, 2.24) is 4.90 Å². The van der Waals surface area contributed by atoms with E-state index in [0.29, 0.717) is 27.7 Å². The minimum Gasteiger partial charge on any atom is -0.422 e. The quantitative estimate of drug-likeness (QED) is 0.626. The molecule has 1 fully saturated rings. The maximum atomic E-state index is 12.9. The number of para-hydroxylation sites is 1. The molecule has 0 unspecified atom stereocenters. The van der Waals surface area contributed by atoms with Crippen LogP contribution in [0.4, 0.5) is 0 Å². The fraction of sp³-hybridized carbons (Fsp3) is 0.368. The summed E-state index contributed by atoms with van der Waals surface area (Å²) >= 11 is 1.39. The van der Waals surface area contributed by atoms with E-state index < -0.39 is 0 Å². The molecule has 0 N–H and O–H groups in total. The number of amides is 1. The summed E-state index contributed by atoms with van der Waals surface area (Å²) in [5.74, 6) is 1.05. The highest BCUT2D eigenvalue weighted by atomic mass is 32.1. The smallest absolute Gasteiger partial charge is 0.345 e. The number of carbonyl (C=O) groups is 1. The molecule has 0 radical (unpaired) electrons. The Morgan fingerprint density at radius 1 is 1.17 bits per heavy atom. The second kappa shape index (κ2) is 5.74. The van der Waals surface area contributed by atoms with Crippen molar-refractivity contribution in [3.8, 4) is 0 Å². The Kier molecular flexibility index (Phi) is 3.68. The normalized spacial score (nSPS) is 21.5. The average Bonchev–Trinajstić information content (AvgIpc) is 2.99. The van der Waals surface area contributed by atoms with Crippen LogP contribution in [0.3, 0.4) is 0 Å². The first-order chi connectivity index (χ1) is 11.5. The van der Waals surface area contributed by atoms with Gasteiger partial charge >= 0.3 is 5.63 Å². The molecule has 3 aromatic rings. The lowest BCUT2D eigenvalue weighted by Crippen LogP contribution is -2.42. The van der Waals surface area contributed by atoms with Crippen LogP contribution < -0.4 is 5.63 Å². The Balaban J connectivity index is 1.80. The molecule has 1 amide bonds. The highest BCUT2D eigenvalue weighted by Crippen LogP contribution is 2.32. The maximum absolute atomic E-state index is 12.9. The van der Waals surface area contributed by atoms with Gasteiger partial charge in [0.05, 0.1) is 15.0 Å². The van der Waals surface area contributed by atoms with Crippen LogP contribution >= 0.6 is 11.3 Å². The van der Waals surface area contributed by atoms with Gasteiger partial charge in [-0.15, -0.1) is 11.3 Å². The number of nitrogens with zero attached hydrogens (tertiary/aromatic N) is 1. The van der Waals surface area contributed by atoms with E-state index in [9.17, 15) is 9.59 Å². The number of piperidine rings is 1. The first kappa shape index (κ1) is 15.4. The van der Waals surface area contributed by atoms with E-state index >= 15 is 0 Å². The molecule has 3 heterocycles. The van der Waals surface area contributed by atoms with E-state index in [4.69, 9.17) is 4.42 Å². The molecule has 2 aromatic heterocycles. The van der Waals surface area contributed by atoms with Gasteiger partial charge in [-0.2, -0.15) is 0 Å². The van der Waals surface area contributed by atoms with E-state index in [1.54, 1.807) is 12.1 Å². The maximum Gasteiger partial charge on any atom is 0.345 e. The molecule has 0 spiro atoms. The summed E-state index contributed by atoms with van der Waals surface area (Å²) < 4.78 is 6.21. The molecule has 5 heteroatoms. The van der Waals surface area contributed by atoms with Crippen LogP contribution in [0.15, 0.2) is 39.5 Å². The second-order valence-electron chi connectivity index (χ2n) is 6.90. The highest BCUT2D eigenvalue weighted by molar-refractivity contribution is 7.21. The Morgan fingerprint density at radius 2 is 1.88 bits per heavy atom. The lowest BCUT2D eigenvalue weighted by molar-refractivity contribution is 0.0628. The van der Waals surface area contributed by atoms with Crippen LogP contribution in [-0.2, 0) is 0 Å². The molecule has 1 aliphatic rings. The van der Waals surface area contributed by atoms with E-state index in [1.165, 1.54) is 11.3 Å². The van der Waals surface area contributed by atoms with Crippen LogP contribution in [0.2, 0.25) is 0 Å². The van der Waals surface area contributed by atoms with Crippen molar-refractivity contribution in [3.05, 3.63) is 45.6 Å². The Hall–Kier alpha value is -2.14. The summed E-state index contributed by atoms with van der Waals surface area (Å²) in [7, 11) is 0. The molecule has 0 aliphatic carbocycles. The number of benzene rings is 1. The molecule has 0 saturated carbocycles. The van der Waals surface area contributed by atoms with Gasteiger partial charge in [0.25, 0.3) is 5.91 Å². The summed E-state index contributed by atoms with van der Waals surface area (Å²) in [6, 6.07) is 9.16. The number of rotatable bonds is 1. The lowest BCUT2D eigenvalue weighted by Gasteiger charge is -2.34. The molecule has 1 aliphatic heterocycles. The number of thiophene rings is 1. The predicted octanol–water partition coefficient (Wildman–Crippen LogP) is 4.13. The van der Waals surface area contributed by atoms with Crippen molar-refractivity contribution < 1.29 is 9.21 Å². The van der Waals surface area contributed by atoms with Gasteiger partial charge in [-0.1, -0.05) is 26.0 Å². The molecule has 1 aromatic carbocycles. The zero-order valence-electron chi connectivity index (χ0n) is 13.7. The van der Waals surface area contributed by atoms with E-state index in [0.717, 1.165) is 29.6 Å². The Labute approximate surface area is 143 Å². The Bertz CT molecular complexity index is 977. The van der Waals surface area contributed by atoms with E-state index in [-0.39, 0.29) is 11.5 Å². The summed E-state index contributed by atoms with van der Waals surface area (Å²) in [5, 5.41) is 1.39. The molecule has 124 valence electrons. The van der Waals surface area contributed by atoms with Crippen molar-refractivity contribution in [2.45, 2.75) is 20.3 Å². The number of hydrogen-bond donors (Lipinski definition) is 0. The van der Waals surface area contributed by atoms with Crippen LogP contribution in [-0.4, -0.2) is 23.9 Å². The molecule has 1 saturated heterocycles. The summed E-state index contributed by atoms with van der Waals surface area (Å²) in [4.78, 5) is 27.7. The van der Waals surface area contributed by atoms with Gasteiger partial charge in [0.2, 0.25) is 0 Å². The number of likely N-dealkylation sites (tertiary alicyclic amines) is 1. The topological polar surface area (TPSA) is 50.5 Å². The van der Waals surface area contributed by atoms with E-state index in [2.05, 4.69) is 13.8 Å². The molecule has 2 atom stereocenters. The van der Waals surface area contributed by atoms with Crippen LogP contribution in [0.1, 0.15) is 29.9 Å². The predicted molar refractivity (Wildman–Crippen MR) is 96.7 cm³/mol. The summed E-state index contributed by atoms with van der Waals surface area (Å²) in [6.45, 7) is 5.94. The minimum atomic E-state index is -0.376. The average molecular weight is 341 g/mol. The standard InChI is InChI=1S/C19H19NO3S/c1-11-7-12(2)10-20(9-11)18(21)16-8-14-17(24-16)13-5-3-4-6-15(13)23-19(14)22/h3-6,8,11-12H,7,9-10H2,1-2H3/t11-,12-/m0/s1. The lowest BCUT2D eigenvalue weighted by atomic mass is 9.92. The number of carbonyl (C=O) groups excluding carboxylic acids is 1. The fourth-order valence-electron chi connectivity index (χ4n) is 3.73. The van der Waals surface area contributed by atoms with Crippen LogP contribution in [0, 0.1) is 11.8 Å². The third-order valence-corrected chi connectivity index (χ3v) is 5.81. The molecule has 4 nitrogen and oxygen atoms in total. The minimum absolute atomic E-state index is 0.0260. The first-order valence-electron chi connectivity index (χ1n) is 8.27. The van der Waals surface area contributed by atoms with Crippen molar-refractivity contribution in [3.63, 3.8) is 0 Å².